The molecule has 0 bridgehead atoms. The fraction of sp³-hybridized carbons (Fsp3) is 0.474. The molecule has 136 valence electrons. The Morgan fingerprint density at radius 1 is 1.28 bits per heavy atom. The predicted octanol–water partition coefficient (Wildman–Crippen LogP) is 4.61. The maximum Gasteiger partial charge on any atom is 0.193 e. The lowest BCUT2D eigenvalue weighted by molar-refractivity contribution is 0.368. The number of anilines is 1. The molecule has 1 aromatic heterocycles. The van der Waals surface area contributed by atoms with Gasteiger partial charge in [0.1, 0.15) is 11.5 Å². The van der Waals surface area contributed by atoms with Crippen LogP contribution < -0.4 is 11.1 Å². The van der Waals surface area contributed by atoms with E-state index in [0.29, 0.717) is 18.4 Å². The Bertz CT molecular complexity index is 709. The number of guanidine groups is 1. The van der Waals surface area contributed by atoms with Crippen LogP contribution >= 0.6 is 24.0 Å². The van der Waals surface area contributed by atoms with Crippen LogP contribution in [0, 0.1) is 0 Å². The van der Waals surface area contributed by atoms with Crippen molar-refractivity contribution in [3.05, 3.63) is 46.8 Å². The third-order valence-electron chi connectivity index (χ3n) is 4.80. The highest BCUT2D eigenvalue weighted by Crippen LogP contribution is 2.24. The molecule has 5 nitrogen and oxygen atoms in total. The van der Waals surface area contributed by atoms with Crippen LogP contribution in [0.4, 0.5) is 5.69 Å². The van der Waals surface area contributed by atoms with Gasteiger partial charge in [0.05, 0.1) is 6.54 Å². The van der Waals surface area contributed by atoms with Crippen LogP contribution in [0.15, 0.2) is 33.8 Å². The van der Waals surface area contributed by atoms with E-state index in [0.717, 1.165) is 36.4 Å². The number of aromatic nitrogens is 1. The van der Waals surface area contributed by atoms with E-state index in [-0.39, 0.29) is 24.0 Å². The molecule has 1 heterocycles. The van der Waals surface area contributed by atoms with Crippen LogP contribution in [-0.2, 0) is 19.4 Å². The largest absolute Gasteiger partial charge is 0.370 e. The second kappa shape index (κ2) is 9.22. The molecule has 1 aliphatic rings. The molecule has 0 saturated heterocycles. The van der Waals surface area contributed by atoms with Crippen LogP contribution in [0.1, 0.15) is 61.6 Å². The zero-order chi connectivity index (χ0) is 16.9. The van der Waals surface area contributed by atoms with Crippen molar-refractivity contribution in [2.45, 2.75) is 58.4 Å². The first kappa shape index (κ1) is 19.8. The Balaban J connectivity index is 0.00000225. The topological polar surface area (TPSA) is 76.4 Å². The normalized spacial score (nSPS) is 15.2. The summed E-state index contributed by atoms with van der Waals surface area (Å²) in [5, 5.41) is 7.29. The SMILES string of the molecule is CCC(C)c1ccc(NC(N)=NCc2noc3c2CCCC3)cc1.I. The fourth-order valence-corrected chi connectivity index (χ4v) is 3.05. The molecule has 0 saturated carbocycles. The van der Waals surface area contributed by atoms with Gasteiger partial charge in [0.15, 0.2) is 5.96 Å². The molecular weight excluding hydrogens is 427 g/mol. The molecule has 3 N–H and O–H groups in total. The zero-order valence-electron chi connectivity index (χ0n) is 14.9. The van der Waals surface area contributed by atoms with Crippen molar-refractivity contribution < 1.29 is 4.52 Å². The molecule has 6 heteroatoms. The quantitative estimate of drug-likeness (QED) is 0.393. The minimum atomic E-state index is 0. The van der Waals surface area contributed by atoms with Crippen molar-refractivity contribution in [2.24, 2.45) is 10.7 Å². The second-order valence-electron chi connectivity index (χ2n) is 6.50. The third-order valence-corrected chi connectivity index (χ3v) is 4.80. The zero-order valence-corrected chi connectivity index (χ0v) is 17.2. The molecule has 1 unspecified atom stereocenters. The lowest BCUT2D eigenvalue weighted by Gasteiger charge is -2.11. The summed E-state index contributed by atoms with van der Waals surface area (Å²) in [4.78, 5) is 4.40. The van der Waals surface area contributed by atoms with Crippen LogP contribution in [-0.4, -0.2) is 11.1 Å². The molecule has 1 atom stereocenters. The van der Waals surface area contributed by atoms with Gasteiger partial charge in [0.25, 0.3) is 0 Å². The van der Waals surface area contributed by atoms with E-state index < -0.39 is 0 Å². The van der Waals surface area contributed by atoms with Crippen molar-refractivity contribution in [2.75, 3.05) is 5.32 Å². The van der Waals surface area contributed by atoms with Gasteiger partial charge < -0.3 is 15.6 Å². The molecule has 1 aromatic carbocycles. The van der Waals surface area contributed by atoms with Crippen molar-refractivity contribution in [1.82, 2.24) is 5.16 Å². The van der Waals surface area contributed by atoms with Gasteiger partial charge in [-0.1, -0.05) is 31.1 Å². The number of aryl methyl sites for hydroxylation is 1. The number of halogens is 1. The van der Waals surface area contributed by atoms with E-state index in [9.17, 15) is 0 Å². The summed E-state index contributed by atoms with van der Waals surface area (Å²) < 4.78 is 5.40. The monoisotopic (exact) mass is 454 g/mol. The summed E-state index contributed by atoms with van der Waals surface area (Å²) in [7, 11) is 0. The van der Waals surface area contributed by atoms with Crippen LogP contribution in [0.3, 0.4) is 0 Å². The number of fused-ring (bicyclic) bond motifs is 1. The van der Waals surface area contributed by atoms with Crippen molar-refractivity contribution >= 4 is 35.6 Å². The average Bonchev–Trinajstić information content (AvgIpc) is 3.03. The number of aliphatic imine (C=N–C) groups is 1. The molecule has 0 radical (unpaired) electrons. The highest BCUT2D eigenvalue weighted by Gasteiger charge is 2.18. The summed E-state index contributed by atoms with van der Waals surface area (Å²) in [6.07, 6.45) is 5.54. The number of nitrogens with one attached hydrogen (secondary N) is 1. The molecule has 0 amide bonds. The first-order valence-electron chi connectivity index (χ1n) is 8.80. The number of hydrogen-bond donors (Lipinski definition) is 2. The molecule has 0 spiro atoms. The molecule has 0 aliphatic heterocycles. The van der Waals surface area contributed by atoms with E-state index in [1.807, 2.05) is 12.1 Å². The van der Waals surface area contributed by atoms with Crippen molar-refractivity contribution in [3.8, 4) is 0 Å². The number of nitrogens with two attached hydrogens (primary N) is 1. The van der Waals surface area contributed by atoms with Crippen LogP contribution in [0.5, 0.6) is 0 Å². The average molecular weight is 454 g/mol. The number of benzene rings is 1. The highest BCUT2D eigenvalue weighted by molar-refractivity contribution is 14.0. The summed E-state index contributed by atoms with van der Waals surface area (Å²) in [5.41, 5.74) is 10.4. The van der Waals surface area contributed by atoms with E-state index >= 15 is 0 Å². The van der Waals surface area contributed by atoms with Crippen LogP contribution in [0.25, 0.3) is 0 Å². The molecule has 3 rings (SSSR count). The molecule has 1 aliphatic carbocycles. The van der Waals surface area contributed by atoms with Crippen LogP contribution in [0.2, 0.25) is 0 Å². The van der Waals surface area contributed by atoms with Gasteiger partial charge in [0.2, 0.25) is 0 Å². The van der Waals surface area contributed by atoms with Gasteiger partial charge >= 0.3 is 0 Å². The first-order chi connectivity index (χ1) is 11.7. The smallest absolute Gasteiger partial charge is 0.193 e. The lowest BCUT2D eigenvalue weighted by Crippen LogP contribution is -2.22. The van der Waals surface area contributed by atoms with Gasteiger partial charge in [-0.25, -0.2) is 4.99 Å². The maximum absolute atomic E-state index is 6.00. The summed E-state index contributed by atoms with van der Waals surface area (Å²) in [6, 6.07) is 8.36. The van der Waals surface area contributed by atoms with Crippen molar-refractivity contribution in [3.63, 3.8) is 0 Å². The maximum atomic E-state index is 6.00. The van der Waals surface area contributed by atoms with Gasteiger partial charge in [-0.05, 0) is 49.3 Å². The highest BCUT2D eigenvalue weighted by atomic mass is 127. The number of rotatable bonds is 5. The molecule has 2 aromatic rings. The van der Waals surface area contributed by atoms with Gasteiger partial charge in [0, 0.05) is 17.7 Å². The molecule has 0 fully saturated rings. The first-order valence-corrected chi connectivity index (χ1v) is 8.80. The van der Waals surface area contributed by atoms with Gasteiger partial charge in [-0.3, -0.25) is 0 Å². The minimum absolute atomic E-state index is 0. The summed E-state index contributed by atoms with van der Waals surface area (Å²) in [6.45, 7) is 4.89. The third kappa shape index (κ3) is 4.96. The molecule has 25 heavy (non-hydrogen) atoms. The second-order valence-corrected chi connectivity index (χ2v) is 6.50. The minimum Gasteiger partial charge on any atom is -0.370 e. The Morgan fingerprint density at radius 2 is 2.00 bits per heavy atom. The summed E-state index contributed by atoms with van der Waals surface area (Å²) >= 11 is 0. The summed E-state index contributed by atoms with van der Waals surface area (Å²) in [5.74, 6) is 2.00. The Labute approximate surface area is 166 Å². The van der Waals surface area contributed by atoms with Gasteiger partial charge in [-0.15, -0.1) is 24.0 Å². The van der Waals surface area contributed by atoms with Crippen molar-refractivity contribution in [1.29, 1.82) is 0 Å². The molecular formula is C19H27IN4O. The van der Waals surface area contributed by atoms with E-state index in [4.69, 9.17) is 10.3 Å². The van der Waals surface area contributed by atoms with Gasteiger partial charge in [-0.2, -0.15) is 0 Å². The van der Waals surface area contributed by atoms with E-state index in [1.165, 1.54) is 24.0 Å². The van der Waals surface area contributed by atoms with E-state index in [2.05, 4.69) is 41.4 Å². The Hall–Kier alpha value is -1.57. The fourth-order valence-electron chi connectivity index (χ4n) is 3.05. The Kier molecular flexibility index (Phi) is 7.28. The predicted molar refractivity (Wildman–Crippen MR) is 113 cm³/mol. The Morgan fingerprint density at radius 3 is 2.72 bits per heavy atom. The van der Waals surface area contributed by atoms with E-state index in [1.54, 1.807) is 0 Å². The standard InChI is InChI=1S/C19H26N4O.HI/c1-3-13(2)14-8-10-15(11-9-14)22-19(20)21-12-17-16-6-4-5-7-18(16)24-23-17;/h8-11,13H,3-7,12H2,1-2H3,(H3,20,21,22);1H. The lowest BCUT2D eigenvalue weighted by atomic mass is 9.96. The number of nitrogens with zero attached hydrogens (tertiary/aromatic N) is 2. The number of hydrogen-bond acceptors (Lipinski definition) is 3.